The van der Waals surface area contributed by atoms with Gasteiger partial charge < -0.3 is 14.3 Å². The third kappa shape index (κ3) is 2.86. The number of aromatic hydroxyl groups is 1. The van der Waals surface area contributed by atoms with Crippen molar-refractivity contribution in [3.8, 4) is 22.8 Å². The second-order valence-corrected chi connectivity index (χ2v) is 6.87. The molecule has 3 heterocycles. The Morgan fingerprint density at radius 2 is 1.86 bits per heavy atom. The van der Waals surface area contributed by atoms with Crippen LogP contribution in [0.15, 0.2) is 76.2 Å². The molecule has 0 spiro atoms. The predicted octanol–water partition coefficient (Wildman–Crippen LogP) is 4.00. The number of ether oxygens (including phenoxy) is 1. The molecule has 0 aliphatic carbocycles. The van der Waals surface area contributed by atoms with Gasteiger partial charge in [-0.05, 0) is 11.6 Å². The highest BCUT2D eigenvalue weighted by atomic mass is 16.5. The standard InChI is InChI=1S/C23H15NO5/c25-16-10-18(13-5-2-1-3-6-13)29-23-21-15(14-7-4-8-24-12-14)9-20(27)28-19(21)11-17(26)22(16)23/h1-8,10-12,15,26H,9H2/t15-/m0/s1. The van der Waals surface area contributed by atoms with Crippen molar-refractivity contribution < 1.29 is 19.1 Å². The minimum absolute atomic E-state index is 0.0651. The molecule has 0 saturated carbocycles. The maximum Gasteiger partial charge on any atom is 0.312 e. The number of rotatable bonds is 2. The van der Waals surface area contributed by atoms with Gasteiger partial charge in [-0.3, -0.25) is 14.6 Å². The number of nitrogens with zero attached hydrogens (tertiary/aromatic N) is 1. The molecule has 0 radical (unpaired) electrons. The molecular formula is C23H15NO5. The number of phenols is 1. The highest BCUT2D eigenvalue weighted by Gasteiger charge is 2.33. The third-order valence-corrected chi connectivity index (χ3v) is 5.07. The highest BCUT2D eigenvalue weighted by molar-refractivity contribution is 5.93. The molecule has 2 aromatic carbocycles. The summed E-state index contributed by atoms with van der Waals surface area (Å²) in [5.41, 5.74) is 1.93. The van der Waals surface area contributed by atoms with E-state index in [1.165, 1.54) is 12.1 Å². The summed E-state index contributed by atoms with van der Waals surface area (Å²) in [4.78, 5) is 29.2. The van der Waals surface area contributed by atoms with Crippen LogP contribution in [0.4, 0.5) is 0 Å². The van der Waals surface area contributed by atoms with Crippen LogP contribution in [0.2, 0.25) is 0 Å². The number of benzene rings is 2. The number of aromatic nitrogens is 1. The quantitative estimate of drug-likeness (QED) is 0.414. The molecule has 0 fully saturated rings. The number of hydrogen-bond donors (Lipinski definition) is 1. The number of carbonyl (C=O) groups excluding carboxylic acids is 1. The molecule has 1 aliphatic rings. The lowest BCUT2D eigenvalue weighted by molar-refractivity contribution is -0.135. The first-order valence-corrected chi connectivity index (χ1v) is 9.11. The summed E-state index contributed by atoms with van der Waals surface area (Å²) < 4.78 is 11.5. The van der Waals surface area contributed by atoms with Crippen LogP contribution in [-0.4, -0.2) is 16.1 Å². The Morgan fingerprint density at radius 1 is 1.03 bits per heavy atom. The lowest BCUT2D eigenvalue weighted by atomic mass is 9.86. The van der Waals surface area contributed by atoms with Crippen LogP contribution in [0, 0.1) is 0 Å². The van der Waals surface area contributed by atoms with E-state index in [1.807, 2.05) is 36.4 Å². The van der Waals surface area contributed by atoms with Crippen LogP contribution >= 0.6 is 0 Å². The molecule has 0 bridgehead atoms. The summed E-state index contributed by atoms with van der Waals surface area (Å²) in [6, 6.07) is 15.5. The van der Waals surface area contributed by atoms with Crippen LogP contribution < -0.4 is 10.2 Å². The summed E-state index contributed by atoms with van der Waals surface area (Å²) in [5.74, 6) is -0.554. The summed E-state index contributed by atoms with van der Waals surface area (Å²) >= 11 is 0. The molecule has 1 atom stereocenters. The van der Waals surface area contributed by atoms with Crippen LogP contribution in [0.1, 0.15) is 23.5 Å². The lowest BCUT2D eigenvalue weighted by Crippen LogP contribution is -2.22. The van der Waals surface area contributed by atoms with E-state index < -0.39 is 11.9 Å². The molecule has 29 heavy (non-hydrogen) atoms. The molecule has 6 nitrogen and oxygen atoms in total. The predicted molar refractivity (Wildman–Crippen MR) is 106 cm³/mol. The second-order valence-electron chi connectivity index (χ2n) is 6.87. The van der Waals surface area contributed by atoms with Gasteiger partial charge in [0.25, 0.3) is 0 Å². The first-order chi connectivity index (χ1) is 14.1. The number of carbonyl (C=O) groups is 1. The topological polar surface area (TPSA) is 89.6 Å². The molecule has 0 saturated heterocycles. The van der Waals surface area contributed by atoms with Crippen LogP contribution in [0.3, 0.4) is 0 Å². The van der Waals surface area contributed by atoms with E-state index in [1.54, 1.807) is 18.5 Å². The monoisotopic (exact) mass is 385 g/mol. The molecule has 6 heteroatoms. The Kier molecular flexibility index (Phi) is 3.91. The van der Waals surface area contributed by atoms with Crippen molar-refractivity contribution in [2.75, 3.05) is 0 Å². The average Bonchev–Trinajstić information content (AvgIpc) is 2.73. The fraction of sp³-hybridized carbons (Fsp3) is 0.0870. The number of esters is 1. The Balaban J connectivity index is 1.85. The number of phenolic OH excluding ortho intramolecular Hbond substituents is 1. The summed E-state index contributed by atoms with van der Waals surface area (Å²) in [7, 11) is 0. The van der Waals surface area contributed by atoms with E-state index in [9.17, 15) is 14.7 Å². The Hall–Kier alpha value is -3.93. The zero-order valence-electron chi connectivity index (χ0n) is 15.2. The van der Waals surface area contributed by atoms with E-state index >= 15 is 0 Å². The van der Waals surface area contributed by atoms with E-state index in [0.29, 0.717) is 11.3 Å². The van der Waals surface area contributed by atoms with Gasteiger partial charge in [-0.15, -0.1) is 0 Å². The van der Waals surface area contributed by atoms with Crippen molar-refractivity contribution in [1.82, 2.24) is 4.98 Å². The smallest absolute Gasteiger partial charge is 0.312 e. The largest absolute Gasteiger partial charge is 0.507 e. The van der Waals surface area contributed by atoms with Gasteiger partial charge in [-0.2, -0.15) is 0 Å². The number of fused-ring (bicyclic) bond motifs is 3. The Bertz CT molecular complexity index is 1300. The summed E-state index contributed by atoms with van der Waals surface area (Å²) in [6.07, 6.45) is 3.40. The minimum atomic E-state index is -0.424. The van der Waals surface area contributed by atoms with Crippen LogP contribution in [0.25, 0.3) is 22.3 Å². The van der Waals surface area contributed by atoms with Gasteiger partial charge in [0.1, 0.15) is 28.2 Å². The van der Waals surface area contributed by atoms with Crippen molar-refractivity contribution in [3.63, 3.8) is 0 Å². The average molecular weight is 385 g/mol. The molecule has 1 aliphatic heterocycles. The van der Waals surface area contributed by atoms with Gasteiger partial charge in [0.15, 0.2) is 5.43 Å². The van der Waals surface area contributed by atoms with Gasteiger partial charge in [-0.25, -0.2) is 0 Å². The third-order valence-electron chi connectivity index (χ3n) is 5.07. The zero-order chi connectivity index (χ0) is 20.0. The van der Waals surface area contributed by atoms with E-state index in [-0.39, 0.29) is 34.3 Å². The first kappa shape index (κ1) is 17.2. The van der Waals surface area contributed by atoms with Gasteiger partial charge in [-0.1, -0.05) is 36.4 Å². The molecule has 142 valence electrons. The van der Waals surface area contributed by atoms with Crippen molar-refractivity contribution in [2.45, 2.75) is 12.3 Å². The summed E-state index contributed by atoms with van der Waals surface area (Å²) in [5, 5.41) is 10.5. The van der Waals surface area contributed by atoms with Crippen molar-refractivity contribution in [3.05, 3.63) is 88.3 Å². The first-order valence-electron chi connectivity index (χ1n) is 9.11. The van der Waals surface area contributed by atoms with Crippen molar-refractivity contribution >= 4 is 16.9 Å². The van der Waals surface area contributed by atoms with Crippen LogP contribution in [-0.2, 0) is 4.79 Å². The number of hydrogen-bond acceptors (Lipinski definition) is 6. The van der Waals surface area contributed by atoms with Gasteiger partial charge in [0.2, 0.25) is 0 Å². The fourth-order valence-corrected chi connectivity index (χ4v) is 3.77. The number of pyridine rings is 1. The van der Waals surface area contributed by atoms with Gasteiger partial charge in [0, 0.05) is 41.6 Å². The lowest BCUT2D eigenvalue weighted by Gasteiger charge is -2.25. The van der Waals surface area contributed by atoms with E-state index in [0.717, 1.165) is 11.1 Å². The fourth-order valence-electron chi connectivity index (χ4n) is 3.77. The molecule has 1 N–H and O–H groups in total. The molecule has 2 aromatic heterocycles. The van der Waals surface area contributed by atoms with Gasteiger partial charge >= 0.3 is 5.97 Å². The Morgan fingerprint density at radius 3 is 2.62 bits per heavy atom. The van der Waals surface area contributed by atoms with E-state index in [4.69, 9.17) is 9.15 Å². The molecule has 4 aromatic rings. The molecule has 0 unspecified atom stereocenters. The van der Waals surface area contributed by atoms with E-state index in [2.05, 4.69) is 4.98 Å². The molecular weight excluding hydrogens is 370 g/mol. The SMILES string of the molecule is O=C1C[C@@H](c2cccnc2)c2c(cc(O)c3c(=O)cc(-c4ccccc4)oc23)O1. The van der Waals surface area contributed by atoms with Gasteiger partial charge in [0.05, 0.1) is 6.42 Å². The van der Waals surface area contributed by atoms with Crippen LogP contribution in [0.5, 0.6) is 11.5 Å². The zero-order valence-corrected chi connectivity index (χ0v) is 15.2. The normalized spacial score (nSPS) is 15.7. The molecule has 0 amide bonds. The highest BCUT2D eigenvalue weighted by Crippen LogP contribution is 2.45. The van der Waals surface area contributed by atoms with Crippen molar-refractivity contribution in [1.29, 1.82) is 0 Å². The summed E-state index contributed by atoms with van der Waals surface area (Å²) in [6.45, 7) is 0. The Labute approximate surface area is 165 Å². The van der Waals surface area contributed by atoms with Crippen molar-refractivity contribution in [2.24, 2.45) is 0 Å². The maximum atomic E-state index is 12.8. The minimum Gasteiger partial charge on any atom is -0.507 e. The molecule has 5 rings (SSSR count). The maximum absolute atomic E-state index is 12.8. The second kappa shape index (κ2) is 6.60.